The summed E-state index contributed by atoms with van der Waals surface area (Å²) in [7, 11) is -3.36. The van der Waals surface area contributed by atoms with E-state index in [1.165, 1.54) is 10.6 Å². The zero-order valence-corrected chi connectivity index (χ0v) is 16.6. The number of para-hydroxylation sites is 1. The van der Waals surface area contributed by atoms with Crippen molar-refractivity contribution in [3.8, 4) is 0 Å². The third-order valence-corrected chi connectivity index (χ3v) is 6.72. The first kappa shape index (κ1) is 18.5. The Morgan fingerprint density at radius 1 is 1.19 bits per heavy atom. The molecule has 1 fully saturated rings. The number of likely N-dealkylation sites (tertiary alicyclic amines) is 1. The average Bonchev–Trinajstić information content (AvgIpc) is 2.57. The molecule has 0 aromatic heterocycles. The number of sulfonamides is 1. The summed E-state index contributed by atoms with van der Waals surface area (Å²) in [5.74, 6) is 0.0488. The van der Waals surface area contributed by atoms with E-state index in [0.29, 0.717) is 31.1 Å². The van der Waals surface area contributed by atoms with Gasteiger partial charge in [-0.2, -0.15) is 4.31 Å². The molecule has 1 atom stereocenters. The number of rotatable bonds is 3. The highest BCUT2D eigenvalue weighted by Gasteiger charge is 2.51. The normalized spacial score (nSPS) is 20.0. The summed E-state index contributed by atoms with van der Waals surface area (Å²) >= 11 is 5.99. The SMILES string of the molecule is C[S+](=O)([O-])N1CC2(Cc3ccccc31)CN(C(=O)Cc1cccc(Cl)c1)C2. The Balaban J connectivity index is 1.49. The first-order chi connectivity index (χ1) is 12.8. The summed E-state index contributed by atoms with van der Waals surface area (Å²) < 4.78 is 26.1. The van der Waals surface area contributed by atoms with Crippen LogP contribution < -0.4 is 4.31 Å². The van der Waals surface area contributed by atoms with E-state index in [2.05, 4.69) is 0 Å². The zero-order valence-electron chi connectivity index (χ0n) is 15.1. The molecular weight excluding hydrogens is 384 g/mol. The molecule has 1 amide bonds. The minimum atomic E-state index is -3.36. The van der Waals surface area contributed by atoms with E-state index in [-0.39, 0.29) is 11.3 Å². The molecule has 0 radical (unpaired) electrons. The third kappa shape index (κ3) is 3.61. The predicted molar refractivity (Wildman–Crippen MR) is 106 cm³/mol. The van der Waals surface area contributed by atoms with Crippen LogP contribution in [0.5, 0.6) is 0 Å². The maximum Gasteiger partial charge on any atom is 0.227 e. The Bertz CT molecular complexity index is 936. The van der Waals surface area contributed by atoms with Gasteiger partial charge in [-0.05, 0) is 35.7 Å². The first-order valence-electron chi connectivity index (χ1n) is 8.84. The van der Waals surface area contributed by atoms with Gasteiger partial charge in [-0.25, -0.2) is 0 Å². The van der Waals surface area contributed by atoms with Crippen molar-refractivity contribution in [2.45, 2.75) is 12.8 Å². The van der Waals surface area contributed by atoms with Crippen LogP contribution in [0.15, 0.2) is 48.5 Å². The lowest BCUT2D eigenvalue weighted by molar-refractivity contribution is -0.142. The van der Waals surface area contributed by atoms with Crippen LogP contribution in [0.3, 0.4) is 0 Å². The number of fused-ring (bicyclic) bond motifs is 1. The van der Waals surface area contributed by atoms with Gasteiger partial charge in [-0.3, -0.25) is 4.79 Å². The summed E-state index contributed by atoms with van der Waals surface area (Å²) in [6.07, 6.45) is 2.34. The van der Waals surface area contributed by atoms with E-state index in [4.69, 9.17) is 11.6 Å². The summed E-state index contributed by atoms with van der Waals surface area (Å²) in [6.45, 7) is 1.57. The number of halogens is 1. The molecule has 0 saturated carbocycles. The van der Waals surface area contributed by atoms with Crippen LogP contribution in [0.4, 0.5) is 5.69 Å². The van der Waals surface area contributed by atoms with Gasteiger partial charge in [0.25, 0.3) is 0 Å². The van der Waals surface area contributed by atoms with Gasteiger partial charge in [0.15, 0.2) is 0 Å². The maximum atomic E-state index is 12.6. The topological polar surface area (TPSA) is 63.7 Å². The molecule has 2 aliphatic heterocycles. The number of hydrogen-bond acceptors (Lipinski definition) is 3. The van der Waals surface area contributed by atoms with E-state index in [0.717, 1.165) is 23.2 Å². The fourth-order valence-corrected chi connectivity index (χ4v) is 5.39. The minimum Gasteiger partial charge on any atom is -0.593 e. The number of carbonyl (C=O) groups excluding carboxylic acids is 1. The van der Waals surface area contributed by atoms with E-state index >= 15 is 0 Å². The summed E-state index contributed by atoms with van der Waals surface area (Å²) in [5, 5.41) is 0.619. The molecule has 1 unspecified atom stereocenters. The largest absolute Gasteiger partial charge is 0.593 e. The predicted octanol–water partition coefficient (Wildman–Crippen LogP) is 2.95. The standard InChI is InChI=1S/C20H21ClN2O3S/c1-27(25,26)23-14-20(11-16-6-2-3-8-18(16)23)12-22(13-20)19(24)10-15-5-4-7-17(21)9-15/h2-9H,10-14H2,1H3. The molecule has 1 saturated heterocycles. The summed E-state index contributed by atoms with van der Waals surface area (Å²) in [4.78, 5) is 14.4. The lowest BCUT2D eigenvalue weighted by atomic mass is 9.72. The highest BCUT2D eigenvalue weighted by Crippen LogP contribution is 2.44. The quantitative estimate of drug-likeness (QED) is 0.739. The van der Waals surface area contributed by atoms with Gasteiger partial charge in [0.2, 0.25) is 5.91 Å². The van der Waals surface area contributed by atoms with Crippen molar-refractivity contribution in [3.63, 3.8) is 0 Å². The van der Waals surface area contributed by atoms with Crippen LogP contribution in [-0.4, -0.2) is 41.2 Å². The highest BCUT2D eigenvalue weighted by atomic mass is 35.5. The first-order valence-corrected chi connectivity index (χ1v) is 11.1. The van der Waals surface area contributed by atoms with Crippen molar-refractivity contribution in [2.75, 3.05) is 30.2 Å². The second kappa shape index (κ2) is 6.62. The molecule has 2 aliphatic rings. The third-order valence-electron chi connectivity index (χ3n) is 5.35. The fourth-order valence-electron chi connectivity index (χ4n) is 4.13. The van der Waals surface area contributed by atoms with Gasteiger partial charge in [0.1, 0.15) is 16.7 Å². The van der Waals surface area contributed by atoms with Crippen molar-refractivity contribution >= 4 is 33.6 Å². The van der Waals surface area contributed by atoms with E-state index in [9.17, 15) is 13.6 Å². The zero-order chi connectivity index (χ0) is 19.2. The van der Waals surface area contributed by atoms with E-state index in [1.54, 1.807) is 12.1 Å². The van der Waals surface area contributed by atoms with Crippen molar-refractivity contribution in [2.24, 2.45) is 5.41 Å². The van der Waals surface area contributed by atoms with Crippen molar-refractivity contribution < 1.29 is 13.6 Å². The van der Waals surface area contributed by atoms with Crippen molar-refractivity contribution in [3.05, 3.63) is 64.7 Å². The van der Waals surface area contributed by atoms with Crippen LogP contribution in [0.1, 0.15) is 11.1 Å². The lowest BCUT2D eigenvalue weighted by Gasteiger charge is -2.54. The number of carbonyl (C=O) groups is 1. The van der Waals surface area contributed by atoms with Crippen molar-refractivity contribution in [1.82, 2.24) is 4.90 Å². The molecule has 7 heteroatoms. The van der Waals surface area contributed by atoms with Crippen LogP contribution in [0, 0.1) is 5.41 Å². The molecule has 0 N–H and O–H groups in total. The Labute approximate surface area is 165 Å². The number of nitrogens with zero attached hydrogens (tertiary/aromatic N) is 2. The molecule has 0 aliphatic carbocycles. The minimum absolute atomic E-state index is 0.0488. The van der Waals surface area contributed by atoms with Crippen LogP contribution >= 0.6 is 11.6 Å². The highest BCUT2D eigenvalue weighted by molar-refractivity contribution is 7.98. The van der Waals surface area contributed by atoms with Crippen LogP contribution in [0.25, 0.3) is 0 Å². The van der Waals surface area contributed by atoms with Gasteiger partial charge in [-0.1, -0.05) is 46.1 Å². The van der Waals surface area contributed by atoms with Crippen LogP contribution in [-0.2, 0) is 32.2 Å². The fraction of sp³-hybridized carbons (Fsp3) is 0.350. The number of anilines is 1. The number of benzene rings is 2. The Kier molecular flexibility index (Phi) is 4.53. The van der Waals surface area contributed by atoms with Gasteiger partial charge in [0, 0.05) is 23.5 Å². The summed E-state index contributed by atoms with van der Waals surface area (Å²) in [6, 6.07) is 14.9. The second-order valence-corrected chi connectivity index (χ2v) is 9.97. The Morgan fingerprint density at radius 3 is 2.63 bits per heavy atom. The summed E-state index contributed by atoms with van der Waals surface area (Å²) in [5.41, 5.74) is 2.46. The monoisotopic (exact) mass is 404 g/mol. The average molecular weight is 405 g/mol. The van der Waals surface area contributed by atoms with Gasteiger partial charge < -0.3 is 9.45 Å². The molecular formula is C20H21ClN2O3S. The van der Waals surface area contributed by atoms with Gasteiger partial charge in [-0.15, -0.1) is 0 Å². The van der Waals surface area contributed by atoms with Crippen molar-refractivity contribution in [1.29, 1.82) is 0 Å². The molecule has 142 valence electrons. The van der Waals surface area contributed by atoms with Crippen LogP contribution in [0.2, 0.25) is 5.02 Å². The molecule has 0 bridgehead atoms. The molecule has 2 aromatic carbocycles. The smallest absolute Gasteiger partial charge is 0.227 e. The molecule has 27 heavy (non-hydrogen) atoms. The Hall–Kier alpha value is -1.89. The molecule has 1 spiro atoms. The van der Waals surface area contributed by atoms with E-state index < -0.39 is 10.4 Å². The molecule has 2 heterocycles. The number of amides is 1. The molecule has 4 rings (SSSR count). The Morgan fingerprint density at radius 2 is 1.93 bits per heavy atom. The van der Waals surface area contributed by atoms with Gasteiger partial charge in [0.05, 0.1) is 18.7 Å². The second-order valence-electron chi connectivity index (χ2n) is 7.63. The molecule has 2 aromatic rings. The molecule has 5 nitrogen and oxygen atoms in total. The number of hydrogen-bond donors (Lipinski definition) is 0. The lowest BCUT2D eigenvalue weighted by Crippen LogP contribution is -2.66. The van der Waals surface area contributed by atoms with Gasteiger partial charge >= 0.3 is 0 Å². The van der Waals surface area contributed by atoms with E-state index in [1.807, 2.05) is 41.3 Å². The maximum absolute atomic E-state index is 12.6.